The Balaban J connectivity index is 0.000000293. The molecule has 0 radical (unpaired) electrons. The van der Waals surface area contributed by atoms with E-state index in [0.29, 0.717) is 83.3 Å². The van der Waals surface area contributed by atoms with Crippen LogP contribution < -0.4 is 18.9 Å². The maximum absolute atomic E-state index is 12.8. The minimum Gasteiger partial charge on any atom is -0.496 e. The minimum absolute atomic E-state index is 0.00104. The molecule has 0 fully saturated rings. The van der Waals surface area contributed by atoms with Crippen LogP contribution in [0.4, 0.5) is 0 Å². The molecule has 0 spiro atoms. The van der Waals surface area contributed by atoms with Gasteiger partial charge >= 0.3 is 23.9 Å². The third kappa shape index (κ3) is 21.7. The van der Waals surface area contributed by atoms with Gasteiger partial charge in [-0.15, -0.1) is 0 Å². The summed E-state index contributed by atoms with van der Waals surface area (Å²) in [6, 6.07) is 39.2. The van der Waals surface area contributed by atoms with E-state index < -0.39 is 11.9 Å². The van der Waals surface area contributed by atoms with Crippen molar-refractivity contribution in [2.75, 3.05) is 53.9 Å². The molecule has 0 saturated heterocycles. The van der Waals surface area contributed by atoms with Crippen molar-refractivity contribution in [3.05, 3.63) is 178 Å². The third-order valence-electron chi connectivity index (χ3n) is 12.5. The van der Waals surface area contributed by atoms with Crippen molar-refractivity contribution < 1.29 is 71.4 Å². The first kappa shape index (κ1) is 61.7. The van der Waals surface area contributed by atoms with E-state index in [1.807, 2.05) is 32.0 Å². The summed E-state index contributed by atoms with van der Waals surface area (Å²) in [7, 11) is 3.33. The third-order valence-corrected chi connectivity index (χ3v) is 12.5. The summed E-state index contributed by atoms with van der Waals surface area (Å²) in [5, 5.41) is 0. The molecule has 6 rings (SSSR count). The second kappa shape index (κ2) is 33.2. The number of hydrogen-bond acceptors (Lipinski definition) is 15. The Labute approximate surface area is 463 Å². The van der Waals surface area contributed by atoms with Crippen LogP contribution in [0.25, 0.3) is 0 Å². The summed E-state index contributed by atoms with van der Waals surface area (Å²) in [6.45, 7) is 10.9. The van der Waals surface area contributed by atoms with Crippen molar-refractivity contribution in [3.63, 3.8) is 0 Å². The fraction of sp³-hybridized carbons (Fsp3) is 0.344. The summed E-state index contributed by atoms with van der Waals surface area (Å²) >= 11 is 0. The van der Waals surface area contributed by atoms with Gasteiger partial charge in [-0.3, -0.25) is 19.2 Å². The fourth-order valence-corrected chi connectivity index (χ4v) is 7.85. The molecule has 1 atom stereocenters. The number of carbonyl (C=O) groups is 6. The van der Waals surface area contributed by atoms with Gasteiger partial charge in [-0.25, -0.2) is 9.59 Å². The zero-order chi connectivity index (χ0) is 56.9. The van der Waals surface area contributed by atoms with Crippen LogP contribution in [0, 0.1) is 13.8 Å². The van der Waals surface area contributed by atoms with E-state index in [1.54, 1.807) is 111 Å². The van der Waals surface area contributed by atoms with E-state index in [9.17, 15) is 28.8 Å². The molecule has 15 nitrogen and oxygen atoms in total. The number of ketones is 2. The predicted molar refractivity (Wildman–Crippen MR) is 299 cm³/mol. The lowest BCUT2D eigenvalue weighted by Crippen LogP contribution is -2.14. The van der Waals surface area contributed by atoms with E-state index >= 15 is 0 Å². The van der Waals surface area contributed by atoms with Crippen molar-refractivity contribution in [3.8, 4) is 34.5 Å². The first-order valence-corrected chi connectivity index (χ1v) is 26.4. The van der Waals surface area contributed by atoms with Crippen LogP contribution in [0.5, 0.6) is 34.5 Å². The van der Waals surface area contributed by atoms with Gasteiger partial charge in [0.15, 0.2) is 11.6 Å². The van der Waals surface area contributed by atoms with Crippen molar-refractivity contribution in [1.29, 1.82) is 0 Å². The predicted octanol–water partition coefficient (Wildman–Crippen LogP) is 13.4. The van der Waals surface area contributed by atoms with Gasteiger partial charge in [0.1, 0.15) is 47.7 Å². The highest BCUT2D eigenvalue weighted by molar-refractivity contribution is 5.95. The van der Waals surface area contributed by atoms with Crippen LogP contribution in [-0.4, -0.2) is 89.3 Å². The maximum atomic E-state index is 12.8. The molecule has 0 aliphatic carbocycles. The molecular formula is C64H72O15. The number of hydrogen-bond donors (Lipinski definition) is 0. The number of carbonyl (C=O) groups excluding carboxylic acids is 6. The van der Waals surface area contributed by atoms with Crippen LogP contribution in [-0.2, 0) is 33.3 Å². The van der Waals surface area contributed by atoms with Gasteiger partial charge in [-0.05, 0) is 191 Å². The van der Waals surface area contributed by atoms with Gasteiger partial charge in [0.05, 0.1) is 38.1 Å². The van der Waals surface area contributed by atoms with E-state index in [1.165, 1.54) is 19.4 Å². The Hall–Kier alpha value is -8.14. The number of methoxy groups -OCH3 is 2. The molecule has 0 amide bonds. The van der Waals surface area contributed by atoms with Crippen LogP contribution in [0.15, 0.2) is 133 Å². The second-order valence-corrected chi connectivity index (χ2v) is 18.6. The van der Waals surface area contributed by atoms with Crippen molar-refractivity contribution in [2.45, 2.75) is 91.9 Å². The number of benzene rings is 6. The summed E-state index contributed by atoms with van der Waals surface area (Å²) in [5.41, 5.74) is 6.37. The Kier molecular flexibility index (Phi) is 25.9. The molecule has 0 aromatic heterocycles. The molecule has 0 saturated carbocycles. The lowest BCUT2D eigenvalue weighted by molar-refractivity contribution is -0.146. The topological polar surface area (TPSA) is 185 Å². The van der Waals surface area contributed by atoms with Crippen molar-refractivity contribution in [1.82, 2.24) is 0 Å². The van der Waals surface area contributed by atoms with Crippen LogP contribution in [0.2, 0.25) is 0 Å². The summed E-state index contributed by atoms with van der Waals surface area (Å²) in [6.07, 6.45) is 5.25. The van der Waals surface area contributed by atoms with Gasteiger partial charge in [0, 0.05) is 43.6 Å². The molecule has 0 aliphatic heterocycles. The second-order valence-electron chi connectivity index (χ2n) is 18.6. The minimum atomic E-state index is -0.438. The Morgan fingerprint density at radius 2 is 0.823 bits per heavy atom. The largest absolute Gasteiger partial charge is 0.496 e. The number of aryl methyl sites for hydroxylation is 2. The highest BCUT2D eigenvalue weighted by Gasteiger charge is 2.16. The molecule has 1 unspecified atom stereocenters. The SMILES string of the molecule is COCCCCCC(=O)OCCOCCOC(=O)CCCCCOC(=O)c1ccc(Oc2ccc(C(C)=O)cc2)cc1.COc1ccc(C(C)c2ccc(OC(=O)c3ccc(Oc4ccc(C(C)=O)cc4)cc3)c(C)c2)cc1C. The molecule has 15 heteroatoms. The fourth-order valence-electron chi connectivity index (χ4n) is 7.85. The first-order chi connectivity index (χ1) is 38.1. The summed E-state index contributed by atoms with van der Waals surface area (Å²) < 4.78 is 48.4. The van der Waals surface area contributed by atoms with Crippen LogP contribution >= 0.6 is 0 Å². The lowest BCUT2D eigenvalue weighted by Gasteiger charge is -2.16. The average molecular weight is 1080 g/mol. The molecule has 0 bridgehead atoms. The van der Waals surface area contributed by atoms with E-state index in [-0.39, 0.29) is 68.9 Å². The van der Waals surface area contributed by atoms with Gasteiger partial charge in [-0.2, -0.15) is 0 Å². The highest BCUT2D eigenvalue weighted by Crippen LogP contribution is 2.32. The standard InChI is InChI=1S/C32H42O10.C32H30O5/c1-25(33)26-11-15-28(16-12-26)42-29-17-13-27(14-18-29)32(36)41-20-8-4-6-10-31(35)40-24-22-38-21-23-39-30(34)9-5-3-7-19-37-2;1-20-18-26(10-16-30(20)35-5)22(3)27-11-17-31(21(2)19-27)37-32(34)25-8-14-29(15-9-25)36-28-12-6-24(7-13-28)23(4)33/h11-18H,3-10,19-24H2,1-2H3;6-19,22H,1-5H3. The molecule has 79 heavy (non-hydrogen) atoms. The number of rotatable bonds is 30. The van der Waals surface area contributed by atoms with Crippen molar-refractivity contribution in [2.24, 2.45) is 0 Å². The zero-order valence-electron chi connectivity index (χ0n) is 46.3. The quantitative estimate of drug-likeness (QED) is 0.0136. The number of esters is 4. The normalized spacial score (nSPS) is 11.0. The number of ether oxygens (including phenoxy) is 9. The van der Waals surface area contributed by atoms with Crippen LogP contribution in [0.3, 0.4) is 0 Å². The zero-order valence-corrected chi connectivity index (χ0v) is 46.3. The van der Waals surface area contributed by atoms with Gasteiger partial charge in [0.25, 0.3) is 0 Å². The smallest absolute Gasteiger partial charge is 0.343 e. The Morgan fingerprint density at radius 3 is 1.23 bits per heavy atom. The van der Waals surface area contributed by atoms with E-state index in [2.05, 4.69) is 25.1 Å². The molecule has 0 aliphatic rings. The van der Waals surface area contributed by atoms with Gasteiger partial charge in [0.2, 0.25) is 0 Å². The lowest BCUT2D eigenvalue weighted by atomic mass is 9.91. The Bertz CT molecular complexity index is 2890. The first-order valence-electron chi connectivity index (χ1n) is 26.4. The monoisotopic (exact) mass is 1080 g/mol. The average Bonchev–Trinajstić information content (AvgIpc) is 3.46. The summed E-state index contributed by atoms with van der Waals surface area (Å²) in [5.74, 6) is 2.47. The molecule has 6 aromatic carbocycles. The highest BCUT2D eigenvalue weighted by atomic mass is 16.6. The maximum Gasteiger partial charge on any atom is 0.343 e. The Morgan fingerprint density at radius 1 is 0.418 bits per heavy atom. The molecule has 418 valence electrons. The van der Waals surface area contributed by atoms with Gasteiger partial charge in [-0.1, -0.05) is 37.6 Å². The van der Waals surface area contributed by atoms with E-state index in [0.717, 1.165) is 41.7 Å². The van der Waals surface area contributed by atoms with E-state index in [4.69, 9.17) is 42.6 Å². The van der Waals surface area contributed by atoms with Gasteiger partial charge < -0.3 is 42.6 Å². The van der Waals surface area contributed by atoms with Crippen LogP contribution in [0.1, 0.15) is 142 Å². The number of unbranched alkanes of at least 4 members (excludes halogenated alkanes) is 4. The number of Topliss-reactive ketones (excluding diaryl/α,β-unsaturated/α-hetero) is 2. The van der Waals surface area contributed by atoms with Crippen molar-refractivity contribution >= 4 is 35.4 Å². The summed E-state index contributed by atoms with van der Waals surface area (Å²) in [4.78, 5) is 71.2. The molecule has 6 aromatic rings. The molecule has 0 N–H and O–H groups in total. The molecular weight excluding hydrogens is 1010 g/mol. The molecule has 0 heterocycles.